The summed E-state index contributed by atoms with van der Waals surface area (Å²) >= 11 is 1.47. The van der Waals surface area contributed by atoms with E-state index in [9.17, 15) is 9.18 Å². The largest absolute Gasteiger partial charge is 0.497 e. The van der Waals surface area contributed by atoms with Gasteiger partial charge in [0.05, 0.1) is 14.2 Å². The van der Waals surface area contributed by atoms with E-state index in [-0.39, 0.29) is 17.7 Å². The molecule has 174 valence electrons. The number of carbonyl (C=O) groups is 1. The maximum atomic E-state index is 13.7. The minimum absolute atomic E-state index is 0.281. The van der Waals surface area contributed by atoms with Gasteiger partial charge in [-0.15, -0.1) is 0 Å². The number of hydrogen-bond acceptors (Lipinski definition) is 7. The molecule has 0 saturated carbocycles. The van der Waals surface area contributed by atoms with Crippen LogP contribution in [0, 0.1) is 11.7 Å². The predicted octanol–water partition coefficient (Wildman–Crippen LogP) is 6.12. The summed E-state index contributed by atoms with van der Waals surface area (Å²) in [5.41, 5.74) is 1.32. The second-order valence-electron chi connectivity index (χ2n) is 7.84. The number of benzene rings is 2. The number of ether oxygens (including phenoxy) is 2. The molecule has 2 N–H and O–H groups in total. The molecule has 33 heavy (non-hydrogen) atoms. The number of aromatic nitrogens is 1. The fourth-order valence-corrected chi connectivity index (χ4v) is 4.05. The molecule has 1 heterocycles. The Hall–Kier alpha value is -3.26. The number of rotatable bonds is 10. The highest BCUT2D eigenvalue weighted by Crippen LogP contribution is 2.32. The smallest absolute Gasteiger partial charge is 0.328 e. The summed E-state index contributed by atoms with van der Waals surface area (Å²) in [7, 11) is 3.00. The molecule has 0 bridgehead atoms. The number of hydrogen-bond donors (Lipinski definition) is 2. The van der Waals surface area contributed by atoms with Crippen LogP contribution < -0.4 is 15.4 Å². The van der Waals surface area contributed by atoms with Crippen LogP contribution >= 0.6 is 11.8 Å². The zero-order valence-corrected chi connectivity index (χ0v) is 19.9. The normalized spacial score (nSPS) is 11.7. The molecule has 2 aromatic carbocycles. The Bertz CT molecular complexity index is 1080. The molecule has 1 atom stereocenters. The number of esters is 1. The molecule has 3 rings (SSSR count). The van der Waals surface area contributed by atoms with Gasteiger partial charge in [-0.05, 0) is 60.9 Å². The number of pyridine rings is 1. The Morgan fingerprint density at radius 3 is 2.45 bits per heavy atom. The highest BCUT2D eigenvalue weighted by atomic mass is 32.2. The minimum Gasteiger partial charge on any atom is -0.497 e. The summed E-state index contributed by atoms with van der Waals surface area (Å²) in [4.78, 5) is 18.0. The van der Waals surface area contributed by atoms with Crippen LogP contribution in [0.5, 0.6) is 5.75 Å². The fraction of sp³-hybridized carbons (Fsp3) is 0.280. The summed E-state index contributed by atoms with van der Waals surface area (Å²) in [6.07, 6.45) is 0.594. The van der Waals surface area contributed by atoms with E-state index >= 15 is 0 Å². The second kappa shape index (κ2) is 11.6. The first-order chi connectivity index (χ1) is 15.9. The molecule has 6 nitrogen and oxygen atoms in total. The Kier molecular flexibility index (Phi) is 8.54. The second-order valence-corrected chi connectivity index (χ2v) is 8.94. The van der Waals surface area contributed by atoms with E-state index in [2.05, 4.69) is 10.6 Å². The molecule has 0 radical (unpaired) electrons. The van der Waals surface area contributed by atoms with Gasteiger partial charge in [-0.2, -0.15) is 0 Å². The van der Waals surface area contributed by atoms with Crippen molar-refractivity contribution in [1.82, 2.24) is 4.98 Å². The molecule has 0 unspecified atom stereocenters. The molecular weight excluding hydrogens is 441 g/mol. The van der Waals surface area contributed by atoms with Crippen LogP contribution in [-0.2, 0) is 9.53 Å². The molecule has 0 amide bonds. The standard InChI is InChI=1S/C25H28FN3O3S/c1-16(2)12-22(25(30)32-4)28-23-14-19(27-18-7-5-6-17(26)13-18)15-24(29-23)33-21-10-8-20(31-3)9-11-21/h5-11,13-16,22H,12H2,1-4H3,(H2,27,28,29)/t22-/m0/s1. The van der Waals surface area contributed by atoms with Crippen molar-refractivity contribution in [2.75, 3.05) is 24.9 Å². The highest BCUT2D eigenvalue weighted by Gasteiger charge is 2.21. The van der Waals surface area contributed by atoms with Gasteiger partial charge in [0.2, 0.25) is 0 Å². The van der Waals surface area contributed by atoms with Crippen molar-refractivity contribution in [3.8, 4) is 5.75 Å². The zero-order chi connectivity index (χ0) is 23.8. The van der Waals surface area contributed by atoms with E-state index in [1.54, 1.807) is 25.3 Å². The number of carbonyl (C=O) groups excluding carboxylic acids is 1. The van der Waals surface area contributed by atoms with E-state index in [1.807, 2.05) is 44.2 Å². The molecular formula is C25H28FN3O3S. The quantitative estimate of drug-likeness (QED) is 0.346. The number of methoxy groups -OCH3 is 2. The van der Waals surface area contributed by atoms with Gasteiger partial charge in [0.15, 0.2) is 0 Å². The Balaban J connectivity index is 1.92. The van der Waals surface area contributed by atoms with Gasteiger partial charge >= 0.3 is 5.97 Å². The van der Waals surface area contributed by atoms with Gasteiger partial charge in [0.1, 0.15) is 28.5 Å². The van der Waals surface area contributed by atoms with Gasteiger partial charge in [-0.3, -0.25) is 0 Å². The van der Waals surface area contributed by atoms with Crippen LogP contribution in [0.1, 0.15) is 20.3 Å². The summed E-state index contributed by atoms with van der Waals surface area (Å²) in [6.45, 7) is 4.08. The van der Waals surface area contributed by atoms with E-state index in [0.29, 0.717) is 28.6 Å². The van der Waals surface area contributed by atoms with Crippen molar-refractivity contribution in [3.05, 3.63) is 66.5 Å². The van der Waals surface area contributed by atoms with E-state index < -0.39 is 6.04 Å². The average molecular weight is 470 g/mol. The van der Waals surface area contributed by atoms with Gasteiger partial charge in [0, 0.05) is 22.3 Å². The van der Waals surface area contributed by atoms with Gasteiger partial charge in [0.25, 0.3) is 0 Å². The maximum Gasteiger partial charge on any atom is 0.328 e. The lowest BCUT2D eigenvalue weighted by molar-refractivity contribution is -0.141. The van der Waals surface area contributed by atoms with Gasteiger partial charge in [-0.25, -0.2) is 14.2 Å². The van der Waals surface area contributed by atoms with Crippen molar-refractivity contribution >= 4 is 34.9 Å². The lowest BCUT2D eigenvalue weighted by Crippen LogP contribution is -2.32. The topological polar surface area (TPSA) is 72.5 Å². The summed E-state index contributed by atoms with van der Waals surface area (Å²) in [5, 5.41) is 7.13. The number of nitrogens with zero attached hydrogens (tertiary/aromatic N) is 1. The molecule has 0 aliphatic heterocycles. The highest BCUT2D eigenvalue weighted by molar-refractivity contribution is 7.99. The van der Waals surface area contributed by atoms with Gasteiger partial charge < -0.3 is 20.1 Å². The van der Waals surface area contributed by atoms with E-state index in [4.69, 9.17) is 14.5 Å². The van der Waals surface area contributed by atoms with Gasteiger partial charge in [-0.1, -0.05) is 31.7 Å². The van der Waals surface area contributed by atoms with Crippen molar-refractivity contribution in [2.45, 2.75) is 36.2 Å². The minimum atomic E-state index is -0.536. The first-order valence-corrected chi connectivity index (χ1v) is 11.4. The van der Waals surface area contributed by atoms with Crippen LogP contribution in [0.25, 0.3) is 0 Å². The molecule has 8 heteroatoms. The molecule has 0 aliphatic rings. The number of nitrogens with one attached hydrogen (secondary N) is 2. The summed E-state index contributed by atoms with van der Waals surface area (Å²) < 4.78 is 23.9. The molecule has 0 aliphatic carbocycles. The van der Waals surface area contributed by atoms with Crippen LogP contribution in [0.4, 0.5) is 21.6 Å². The SMILES string of the molecule is COC(=O)[C@H](CC(C)C)Nc1cc(Nc2cccc(F)c2)cc(Sc2ccc(OC)cc2)n1. The first kappa shape index (κ1) is 24.4. The zero-order valence-electron chi connectivity index (χ0n) is 19.1. The third-order valence-corrected chi connectivity index (χ3v) is 5.64. The third-order valence-electron chi connectivity index (χ3n) is 4.71. The van der Waals surface area contributed by atoms with Crippen LogP contribution in [0.3, 0.4) is 0 Å². The Labute approximate surface area is 197 Å². The number of anilines is 3. The molecule has 0 spiro atoms. The predicted molar refractivity (Wildman–Crippen MR) is 130 cm³/mol. The lowest BCUT2D eigenvalue weighted by Gasteiger charge is -2.20. The van der Waals surface area contributed by atoms with Crippen molar-refractivity contribution in [2.24, 2.45) is 5.92 Å². The third kappa shape index (κ3) is 7.39. The Morgan fingerprint density at radius 2 is 1.82 bits per heavy atom. The van der Waals surface area contributed by atoms with Crippen LogP contribution in [0.15, 0.2) is 70.6 Å². The first-order valence-electron chi connectivity index (χ1n) is 10.6. The molecule has 1 aromatic heterocycles. The van der Waals surface area contributed by atoms with Crippen molar-refractivity contribution in [1.29, 1.82) is 0 Å². The maximum absolute atomic E-state index is 13.7. The fourth-order valence-electron chi connectivity index (χ4n) is 3.21. The molecule has 0 saturated heterocycles. The van der Waals surface area contributed by atoms with Crippen LogP contribution in [-0.4, -0.2) is 31.2 Å². The van der Waals surface area contributed by atoms with E-state index in [0.717, 1.165) is 10.6 Å². The summed E-state index contributed by atoms with van der Waals surface area (Å²) in [6, 6.07) is 17.0. The summed E-state index contributed by atoms with van der Waals surface area (Å²) in [5.74, 6) is 0.888. The van der Waals surface area contributed by atoms with E-state index in [1.165, 1.54) is 31.0 Å². The van der Waals surface area contributed by atoms with Crippen LogP contribution in [0.2, 0.25) is 0 Å². The Morgan fingerprint density at radius 1 is 1.06 bits per heavy atom. The lowest BCUT2D eigenvalue weighted by atomic mass is 10.0. The average Bonchev–Trinajstić information content (AvgIpc) is 2.78. The number of halogens is 1. The van der Waals surface area contributed by atoms with Crippen molar-refractivity contribution in [3.63, 3.8) is 0 Å². The monoisotopic (exact) mass is 469 g/mol. The van der Waals surface area contributed by atoms with Crippen molar-refractivity contribution < 1.29 is 18.7 Å². The molecule has 0 fully saturated rings. The molecule has 3 aromatic rings.